The number of nitrogen functional groups attached to an aromatic ring is 1. The second-order valence-electron chi connectivity index (χ2n) is 2.50. The molecule has 0 saturated heterocycles. The summed E-state index contributed by atoms with van der Waals surface area (Å²) in [6.07, 6.45) is 3.45. The normalized spacial score (nSPS) is 10.3. The van der Waals surface area contributed by atoms with Gasteiger partial charge in [0.15, 0.2) is 10.3 Å². The molecule has 0 aliphatic heterocycles. The molecule has 0 spiro atoms. The molecule has 4 nitrogen and oxygen atoms in total. The molecule has 0 unspecified atom stereocenters. The van der Waals surface area contributed by atoms with Gasteiger partial charge < -0.3 is 5.73 Å². The minimum atomic E-state index is 0.606. The van der Waals surface area contributed by atoms with Crippen molar-refractivity contribution in [2.45, 2.75) is 10.9 Å². The second kappa shape index (κ2) is 4.39. The third kappa shape index (κ3) is 2.43. The lowest BCUT2D eigenvalue weighted by molar-refractivity contribution is 0.965. The monoisotopic (exact) mass is 224 g/mol. The number of hydrogen-bond donors (Lipinski definition) is 1. The van der Waals surface area contributed by atoms with Crippen molar-refractivity contribution in [2.24, 2.45) is 0 Å². The Bertz CT molecular complexity index is 401. The summed E-state index contributed by atoms with van der Waals surface area (Å²) in [5, 5.41) is 3.32. The molecule has 0 radical (unpaired) electrons. The van der Waals surface area contributed by atoms with Crippen molar-refractivity contribution in [3.8, 4) is 0 Å². The maximum absolute atomic E-state index is 5.51. The van der Waals surface area contributed by atoms with E-state index in [1.807, 2.05) is 5.38 Å². The van der Waals surface area contributed by atoms with E-state index in [0.29, 0.717) is 5.13 Å². The largest absolute Gasteiger partial charge is 0.375 e. The number of nitrogens with two attached hydrogens (primary N) is 1. The summed E-state index contributed by atoms with van der Waals surface area (Å²) in [5.41, 5.74) is 6.49. The molecule has 2 N–H and O–H groups in total. The number of anilines is 1. The van der Waals surface area contributed by atoms with Crippen molar-refractivity contribution < 1.29 is 0 Å². The lowest BCUT2D eigenvalue weighted by atomic mass is 10.6. The van der Waals surface area contributed by atoms with Crippen LogP contribution in [0.1, 0.15) is 5.69 Å². The van der Waals surface area contributed by atoms with E-state index in [0.717, 1.165) is 16.6 Å². The van der Waals surface area contributed by atoms with E-state index < -0.39 is 0 Å². The Kier molecular flexibility index (Phi) is 2.95. The fourth-order valence-electron chi connectivity index (χ4n) is 0.887. The van der Waals surface area contributed by atoms with Gasteiger partial charge in [-0.05, 0) is 6.07 Å². The van der Waals surface area contributed by atoms with Crippen molar-refractivity contribution in [1.82, 2.24) is 15.0 Å². The first-order valence-corrected chi connectivity index (χ1v) is 5.81. The Hall–Kier alpha value is -1.14. The van der Waals surface area contributed by atoms with Crippen LogP contribution in [-0.2, 0) is 5.75 Å². The van der Waals surface area contributed by atoms with Gasteiger partial charge in [-0.25, -0.2) is 15.0 Å². The van der Waals surface area contributed by atoms with Crippen LogP contribution in [0.4, 0.5) is 5.13 Å². The van der Waals surface area contributed by atoms with Crippen LogP contribution in [0.25, 0.3) is 0 Å². The van der Waals surface area contributed by atoms with Gasteiger partial charge in [0.1, 0.15) is 0 Å². The van der Waals surface area contributed by atoms with Gasteiger partial charge in [-0.2, -0.15) is 0 Å². The number of hydrogen-bond acceptors (Lipinski definition) is 6. The lowest BCUT2D eigenvalue weighted by Gasteiger charge is -1.95. The van der Waals surface area contributed by atoms with E-state index in [-0.39, 0.29) is 0 Å². The van der Waals surface area contributed by atoms with E-state index in [1.54, 1.807) is 30.2 Å². The third-order valence-electron chi connectivity index (χ3n) is 1.46. The van der Waals surface area contributed by atoms with Crippen molar-refractivity contribution in [1.29, 1.82) is 0 Å². The highest BCUT2D eigenvalue weighted by Gasteiger charge is 2.01. The molecular formula is C8H8N4S2. The van der Waals surface area contributed by atoms with Gasteiger partial charge in [-0.15, -0.1) is 11.3 Å². The van der Waals surface area contributed by atoms with Crippen molar-refractivity contribution in [3.05, 3.63) is 29.5 Å². The van der Waals surface area contributed by atoms with Gasteiger partial charge in [-0.1, -0.05) is 11.8 Å². The van der Waals surface area contributed by atoms with Crippen molar-refractivity contribution in [3.63, 3.8) is 0 Å². The molecule has 0 aromatic carbocycles. The maximum atomic E-state index is 5.51. The molecule has 2 aromatic rings. The lowest BCUT2D eigenvalue weighted by Crippen LogP contribution is -1.87. The first-order chi connectivity index (χ1) is 6.84. The maximum Gasteiger partial charge on any atom is 0.187 e. The van der Waals surface area contributed by atoms with E-state index >= 15 is 0 Å². The molecule has 2 aromatic heterocycles. The summed E-state index contributed by atoms with van der Waals surface area (Å²) in [4.78, 5) is 12.3. The molecule has 2 rings (SSSR count). The Morgan fingerprint density at radius 3 is 2.79 bits per heavy atom. The van der Waals surface area contributed by atoms with Gasteiger partial charge >= 0.3 is 0 Å². The second-order valence-corrected chi connectivity index (χ2v) is 4.33. The molecule has 0 aliphatic carbocycles. The van der Waals surface area contributed by atoms with E-state index in [1.165, 1.54) is 11.3 Å². The average molecular weight is 224 g/mol. The standard InChI is InChI=1S/C8H8N4S2/c9-7-12-6(4-13-7)5-14-8-10-2-1-3-11-8/h1-4H,5H2,(H2,9,12). The van der Waals surface area contributed by atoms with Gasteiger partial charge in [0.25, 0.3) is 0 Å². The highest BCUT2D eigenvalue weighted by Crippen LogP contribution is 2.20. The van der Waals surface area contributed by atoms with Crippen LogP contribution in [0.3, 0.4) is 0 Å². The first kappa shape index (κ1) is 9.42. The summed E-state index contributed by atoms with van der Waals surface area (Å²) in [6.45, 7) is 0. The molecule has 0 aliphatic rings. The van der Waals surface area contributed by atoms with Crippen LogP contribution >= 0.6 is 23.1 Å². The number of thiazole rings is 1. The van der Waals surface area contributed by atoms with Crippen LogP contribution in [0.2, 0.25) is 0 Å². The zero-order chi connectivity index (χ0) is 9.80. The SMILES string of the molecule is Nc1nc(CSc2ncccn2)cs1. The first-order valence-electron chi connectivity index (χ1n) is 3.94. The third-order valence-corrected chi connectivity index (χ3v) is 3.09. The predicted molar refractivity (Wildman–Crippen MR) is 58.1 cm³/mol. The van der Waals surface area contributed by atoms with E-state index in [4.69, 9.17) is 5.73 Å². The summed E-state index contributed by atoms with van der Waals surface area (Å²) < 4.78 is 0. The highest BCUT2D eigenvalue weighted by atomic mass is 32.2. The zero-order valence-electron chi connectivity index (χ0n) is 7.25. The summed E-state index contributed by atoms with van der Waals surface area (Å²) in [7, 11) is 0. The fraction of sp³-hybridized carbons (Fsp3) is 0.125. The average Bonchev–Trinajstić information content (AvgIpc) is 2.63. The van der Waals surface area contributed by atoms with E-state index in [2.05, 4.69) is 15.0 Å². The number of rotatable bonds is 3. The van der Waals surface area contributed by atoms with Crippen molar-refractivity contribution >= 4 is 28.2 Å². The van der Waals surface area contributed by atoms with Crippen LogP contribution in [0, 0.1) is 0 Å². The van der Waals surface area contributed by atoms with Crippen LogP contribution in [-0.4, -0.2) is 15.0 Å². The van der Waals surface area contributed by atoms with Crippen molar-refractivity contribution in [2.75, 3.05) is 5.73 Å². The van der Waals surface area contributed by atoms with Gasteiger partial charge in [-0.3, -0.25) is 0 Å². The van der Waals surface area contributed by atoms with E-state index in [9.17, 15) is 0 Å². The van der Waals surface area contributed by atoms with Gasteiger partial charge in [0.05, 0.1) is 5.69 Å². The summed E-state index contributed by atoms with van der Waals surface area (Å²) in [5.74, 6) is 0.762. The molecule has 72 valence electrons. The Morgan fingerprint density at radius 1 is 1.36 bits per heavy atom. The minimum absolute atomic E-state index is 0.606. The van der Waals surface area contributed by atoms with Gasteiger partial charge in [0, 0.05) is 23.5 Å². The fourth-order valence-corrected chi connectivity index (χ4v) is 2.25. The number of nitrogens with zero attached hydrogens (tertiary/aromatic N) is 3. The molecule has 6 heteroatoms. The number of thioether (sulfide) groups is 1. The molecule has 14 heavy (non-hydrogen) atoms. The molecule has 2 heterocycles. The molecule has 0 atom stereocenters. The molecule has 0 fully saturated rings. The minimum Gasteiger partial charge on any atom is -0.375 e. The Balaban J connectivity index is 1.95. The topological polar surface area (TPSA) is 64.7 Å². The number of aromatic nitrogens is 3. The van der Waals surface area contributed by atoms with Crippen LogP contribution in [0.15, 0.2) is 29.0 Å². The highest BCUT2D eigenvalue weighted by molar-refractivity contribution is 7.98. The van der Waals surface area contributed by atoms with Crippen LogP contribution in [0.5, 0.6) is 0 Å². The Morgan fingerprint density at radius 2 is 2.14 bits per heavy atom. The molecule has 0 bridgehead atoms. The predicted octanol–water partition coefficient (Wildman–Crippen LogP) is 1.81. The molecular weight excluding hydrogens is 216 g/mol. The summed E-state index contributed by atoms with van der Waals surface area (Å²) >= 11 is 3.01. The van der Waals surface area contributed by atoms with Crippen LogP contribution < -0.4 is 5.73 Å². The van der Waals surface area contributed by atoms with Gasteiger partial charge in [0.2, 0.25) is 0 Å². The Labute approximate surface area is 89.6 Å². The summed E-state index contributed by atoms with van der Waals surface area (Å²) in [6, 6.07) is 1.80. The quantitative estimate of drug-likeness (QED) is 0.636. The molecule has 0 amide bonds. The smallest absolute Gasteiger partial charge is 0.187 e. The molecule has 0 saturated carbocycles. The zero-order valence-corrected chi connectivity index (χ0v) is 8.88.